The van der Waals surface area contributed by atoms with Crippen LogP contribution in [-0.2, 0) is 19.7 Å². The van der Waals surface area contributed by atoms with Crippen molar-refractivity contribution in [3.63, 3.8) is 0 Å². The van der Waals surface area contributed by atoms with Gasteiger partial charge in [-0.1, -0.05) is 54.6 Å². The molecule has 0 aliphatic heterocycles. The number of ether oxygens (including phenoxy) is 2. The zero-order valence-electron chi connectivity index (χ0n) is 14.7. The van der Waals surface area contributed by atoms with E-state index in [-0.39, 0.29) is 0 Å². The number of hydrogen-bond donors (Lipinski definition) is 1. The van der Waals surface area contributed by atoms with Crippen molar-refractivity contribution in [2.45, 2.75) is 19.7 Å². The van der Waals surface area contributed by atoms with Gasteiger partial charge in [-0.25, -0.2) is 0 Å². The third-order valence-corrected chi connectivity index (χ3v) is 4.69. The number of nitrogens with one attached hydrogen (secondary N) is 1. The van der Waals surface area contributed by atoms with Crippen LogP contribution in [0.5, 0.6) is 11.5 Å². The van der Waals surface area contributed by atoms with Gasteiger partial charge in [0.15, 0.2) is 0 Å². The Kier molecular flexibility index (Phi) is 6.69. The van der Waals surface area contributed by atoms with Crippen LogP contribution in [0.3, 0.4) is 0 Å². The molecular weight excluding hydrogens is 390 g/mol. The smallest absolute Gasteiger partial charge is 0.134 e. The molecule has 0 spiro atoms. The Morgan fingerprint density at radius 2 is 1.58 bits per heavy atom. The van der Waals surface area contributed by atoms with E-state index in [1.165, 1.54) is 5.56 Å². The molecule has 0 saturated heterocycles. The van der Waals surface area contributed by atoms with E-state index in [4.69, 9.17) is 9.47 Å². The highest BCUT2D eigenvalue weighted by atomic mass is 79.9. The second-order valence-corrected chi connectivity index (χ2v) is 6.81. The van der Waals surface area contributed by atoms with Crippen LogP contribution in [0.25, 0.3) is 0 Å². The second-order valence-electron chi connectivity index (χ2n) is 5.95. The van der Waals surface area contributed by atoms with Crippen molar-refractivity contribution >= 4 is 15.9 Å². The molecule has 0 fully saturated rings. The lowest BCUT2D eigenvalue weighted by Gasteiger charge is -2.12. The number of halogens is 1. The summed E-state index contributed by atoms with van der Waals surface area (Å²) in [5.74, 6) is 1.76. The van der Waals surface area contributed by atoms with Gasteiger partial charge in [0.05, 0.1) is 11.6 Å². The van der Waals surface area contributed by atoms with E-state index >= 15 is 0 Å². The van der Waals surface area contributed by atoms with E-state index in [0.29, 0.717) is 6.61 Å². The van der Waals surface area contributed by atoms with E-state index in [1.807, 2.05) is 42.5 Å². The number of para-hydroxylation sites is 1. The first-order valence-corrected chi connectivity index (χ1v) is 9.33. The summed E-state index contributed by atoms with van der Waals surface area (Å²) in [6.45, 7) is 2.09. The van der Waals surface area contributed by atoms with Crippen LogP contribution < -0.4 is 14.8 Å². The van der Waals surface area contributed by atoms with E-state index in [2.05, 4.69) is 51.6 Å². The maximum Gasteiger partial charge on any atom is 0.134 e. The fourth-order valence-corrected chi connectivity index (χ4v) is 3.24. The Balaban J connectivity index is 1.54. The molecule has 0 bridgehead atoms. The molecule has 3 nitrogen and oxygen atoms in total. The molecule has 0 heterocycles. The van der Waals surface area contributed by atoms with Crippen LogP contribution in [0, 0.1) is 0 Å². The Hall–Kier alpha value is -2.30. The minimum Gasteiger partial charge on any atom is -0.496 e. The Labute approximate surface area is 163 Å². The summed E-state index contributed by atoms with van der Waals surface area (Å²) in [5.41, 5.74) is 3.50. The quantitative estimate of drug-likeness (QED) is 0.543. The lowest BCUT2D eigenvalue weighted by molar-refractivity contribution is 0.304. The average Bonchev–Trinajstić information content (AvgIpc) is 2.68. The maximum atomic E-state index is 5.90. The third kappa shape index (κ3) is 5.10. The highest BCUT2D eigenvalue weighted by molar-refractivity contribution is 9.10. The normalized spacial score (nSPS) is 10.5. The molecular formula is C22H22BrNO2. The van der Waals surface area contributed by atoms with Gasteiger partial charge in [0.2, 0.25) is 0 Å². The predicted octanol–water partition coefficient (Wildman–Crippen LogP) is 5.33. The minimum absolute atomic E-state index is 0.560. The lowest BCUT2D eigenvalue weighted by atomic mass is 10.2. The largest absolute Gasteiger partial charge is 0.496 e. The Morgan fingerprint density at radius 3 is 2.35 bits per heavy atom. The van der Waals surface area contributed by atoms with Crippen molar-refractivity contribution in [2.24, 2.45) is 0 Å². The molecule has 134 valence electrons. The van der Waals surface area contributed by atoms with Crippen LogP contribution in [0.4, 0.5) is 0 Å². The second kappa shape index (κ2) is 9.41. The molecule has 1 N–H and O–H groups in total. The summed E-state index contributed by atoms with van der Waals surface area (Å²) in [4.78, 5) is 0. The van der Waals surface area contributed by atoms with Crippen LogP contribution in [0.2, 0.25) is 0 Å². The van der Waals surface area contributed by atoms with Gasteiger partial charge in [-0.2, -0.15) is 0 Å². The molecule has 3 aromatic carbocycles. The topological polar surface area (TPSA) is 30.5 Å². The van der Waals surface area contributed by atoms with Gasteiger partial charge in [0, 0.05) is 18.7 Å². The van der Waals surface area contributed by atoms with Crippen molar-refractivity contribution in [1.29, 1.82) is 0 Å². The summed E-state index contributed by atoms with van der Waals surface area (Å²) >= 11 is 3.61. The van der Waals surface area contributed by atoms with E-state index in [0.717, 1.165) is 40.2 Å². The van der Waals surface area contributed by atoms with Crippen LogP contribution in [0.15, 0.2) is 77.3 Å². The van der Waals surface area contributed by atoms with Crippen molar-refractivity contribution in [3.8, 4) is 11.5 Å². The molecule has 3 aromatic rings. The van der Waals surface area contributed by atoms with Crippen LogP contribution >= 0.6 is 15.9 Å². The molecule has 0 aromatic heterocycles. The molecule has 3 rings (SSSR count). The van der Waals surface area contributed by atoms with Gasteiger partial charge in [-0.15, -0.1) is 0 Å². The molecule has 0 amide bonds. The molecule has 0 aliphatic carbocycles. The van der Waals surface area contributed by atoms with Gasteiger partial charge in [0.1, 0.15) is 18.1 Å². The van der Waals surface area contributed by atoms with Crippen molar-refractivity contribution in [2.75, 3.05) is 7.11 Å². The van der Waals surface area contributed by atoms with Gasteiger partial charge in [-0.05, 0) is 45.3 Å². The average molecular weight is 412 g/mol. The number of methoxy groups -OCH3 is 1. The van der Waals surface area contributed by atoms with Crippen molar-refractivity contribution < 1.29 is 9.47 Å². The minimum atomic E-state index is 0.560. The number of hydrogen-bond acceptors (Lipinski definition) is 3. The maximum absolute atomic E-state index is 5.90. The highest BCUT2D eigenvalue weighted by Crippen LogP contribution is 2.27. The van der Waals surface area contributed by atoms with Crippen LogP contribution in [0.1, 0.15) is 16.7 Å². The van der Waals surface area contributed by atoms with Crippen LogP contribution in [-0.4, -0.2) is 7.11 Å². The molecule has 0 saturated carbocycles. The molecule has 26 heavy (non-hydrogen) atoms. The Morgan fingerprint density at radius 1 is 0.808 bits per heavy atom. The van der Waals surface area contributed by atoms with E-state index in [1.54, 1.807) is 7.11 Å². The zero-order valence-corrected chi connectivity index (χ0v) is 16.3. The summed E-state index contributed by atoms with van der Waals surface area (Å²) < 4.78 is 12.2. The molecule has 0 aliphatic rings. The standard InChI is InChI=1S/C22H22BrNO2/c1-25-21-10-6-5-9-19(21)15-24-14-18-11-12-22(20(23)13-18)26-16-17-7-3-2-4-8-17/h2-13,24H,14-16H2,1H3. The SMILES string of the molecule is COc1ccccc1CNCc1ccc(OCc2ccccc2)c(Br)c1. The van der Waals surface area contributed by atoms with E-state index in [9.17, 15) is 0 Å². The fraction of sp³-hybridized carbons (Fsp3) is 0.182. The number of benzene rings is 3. The van der Waals surface area contributed by atoms with Gasteiger partial charge >= 0.3 is 0 Å². The summed E-state index contributed by atoms with van der Waals surface area (Å²) in [6.07, 6.45) is 0. The molecule has 0 unspecified atom stereocenters. The summed E-state index contributed by atoms with van der Waals surface area (Å²) in [7, 11) is 1.70. The first-order valence-electron chi connectivity index (χ1n) is 8.54. The number of rotatable bonds is 8. The van der Waals surface area contributed by atoms with Crippen molar-refractivity contribution in [3.05, 3.63) is 94.0 Å². The highest BCUT2D eigenvalue weighted by Gasteiger charge is 2.05. The Bertz CT molecular complexity index is 837. The fourth-order valence-electron chi connectivity index (χ4n) is 2.70. The summed E-state index contributed by atoms with van der Waals surface area (Å²) in [5, 5.41) is 3.46. The molecule has 0 radical (unpaired) electrons. The van der Waals surface area contributed by atoms with Gasteiger partial charge in [-0.3, -0.25) is 0 Å². The molecule has 4 heteroatoms. The van der Waals surface area contributed by atoms with E-state index < -0.39 is 0 Å². The molecule has 0 atom stereocenters. The predicted molar refractivity (Wildman–Crippen MR) is 108 cm³/mol. The first kappa shape index (κ1) is 18.5. The monoisotopic (exact) mass is 411 g/mol. The third-order valence-electron chi connectivity index (χ3n) is 4.07. The zero-order chi connectivity index (χ0) is 18.2. The summed E-state index contributed by atoms with van der Waals surface area (Å²) in [6, 6.07) is 24.4. The van der Waals surface area contributed by atoms with Gasteiger partial charge in [0.25, 0.3) is 0 Å². The lowest BCUT2D eigenvalue weighted by Crippen LogP contribution is -2.13. The van der Waals surface area contributed by atoms with Crippen molar-refractivity contribution in [1.82, 2.24) is 5.32 Å². The van der Waals surface area contributed by atoms with Gasteiger partial charge < -0.3 is 14.8 Å². The first-order chi connectivity index (χ1) is 12.8.